The van der Waals surface area contributed by atoms with E-state index in [1.807, 2.05) is 46.4 Å². The van der Waals surface area contributed by atoms with Crippen LogP contribution in [-0.4, -0.2) is 73.1 Å². The highest BCUT2D eigenvalue weighted by Gasteiger charge is 2.35. The fourth-order valence-electron chi connectivity index (χ4n) is 3.87. The quantitative estimate of drug-likeness (QED) is 0.540. The van der Waals surface area contributed by atoms with Crippen molar-refractivity contribution in [3.63, 3.8) is 0 Å². The van der Waals surface area contributed by atoms with Crippen LogP contribution in [0.15, 0.2) is 0 Å². The number of aromatic nitrogens is 2. The predicted molar refractivity (Wildman–Crippen MR) is 133 cm³/mol. The smallest absolute Gasteiger partial charge is 0.410 e. The molecule has 1 aliphatic heterocycles. The van der Waals surface area contributed by atoms with Gasteiger partial charge in [-0.25, -0.2) is 14.2 Å². The third kappa shape index (κ3) is 5.81. The molecule has 1 amide bonds. The number of fused-ring (bicyclic) bond motifs is 1. The van der Waals surface area contributed by atoms with Gasteiger partial charge in [-0.2, -0.15) is 4.98 Å². The lowest BCUT2D eigenvalue weighted by Gasteiger charge is -2.42. The van der Waals surface area contributed by atoms with Crippen molar-refractivity contribution in [2.75, 3.05) is 45.4 Å². The molecular formula is C24H36ClFN4O4. The van der Waals surface area contributed by atoms with Crippen LogP contribution in [0.2, 0.25) is 5.15 Å². The Morgan fingerprint density at radius 3 is 2.35 bits per heavy atom. The number of hydrogen-bond donors (Lipinski definition) is 0. The van der Waals surface area contributed by atoms with E-state index in [0.29, 0.717) is 54.1 Å². The number of halogens is 2. The zero-order valence-electron chi connectivity index (χ0n) is 21.6. The van der Waals surface area contributed by atoms with Crippen LogP contribution < -0.4 is 9.64 Å². The predicted octanol–water partition coefficient (Wildman–Crippen LogP) is 5.15. The summed E-state index contributed by atoms with van der Waals surface area (Å²) in [5, 5.41) is 0.544. The number of nitrogens with zero attached hydrogens (tertiary/aromatic N) is 4. The van der Waals surface area contributed by atoms with Crippen molar-refractivity contribution >= 4 is 34.3 Å². The topological polar surface area (TPSA) is 77.0 Å². The van der Waals surface area contributed by atoms with E-state index in [0.717, 1.165) is 0 Å². The van der Waals surface area contributed by atoms with Gasteiger partial charge in [0.2, 0.25) is 5.88 Å². The molecule has 0 saturated carbocycles. The molecule has 0 spiro atoms. The lowest BCUT2D eigenvalue weighted by atomic mass is 10.0. The number of methoxy groups -OCH3 is 2. The third-order valence-electron chi connectivity index (χ3n) is 5.44. The molecule has 3 heterocycles. The first-order valence-corrected chi connectivity index (χ1v) is 11.8. The highest BCUT2D eigenvalue weighted by Crippen LogP contribution is 2.39. The summed E-state index contributed by atoms with van der Waals surface area (Å²) < 4.78 is 31.4. The molecule has 1 fully saturated rings. The van der Waals surface area contributed by atoms with Crippen molar-refractivity contribution in [2.45, 2.75) is 60.1 Å². The zero-order valence-corrected chi connectivity index (χ0v) is 22.3. The van der Waals surface area contributed by atoms with Crippen LogP contribution in [0.4, 0.5) is 15.0 Å². The SMILES string of the molecule is CC.COCC1CN(c2nc(C)c(C)c3c(F)c(Cl)nc(OC)c23)CCN1C(=O)OC(C)(C)C. The molecule has 10 heteroatoms. The van der Waals surface area contributed by atoms with Crippen molar-refractivity contribution in [2.24, 2.45) is 0 Å². The van der Waals surface area contributed by atoms with Gasteiger partial charge in [-0.1, -0.05) is 25.4 Å². The van der Waals surface area contributed by atoms with Gasteiger partial charge in [0.05, 0.1) is 25.1 Å². The second-order valence-electron chi connectivity index (χ2n) is 8.85. The Balaban J connectivity index is 0.00000199. The van der Waals surface area contributed by atoms with Gasteiger partial charge in [-0.05, 0) is 40.2 Å². The minimum atomic E-state index is -0.604. The summed E-state index contributed by atoms with van der Waals surface area (Å²) in [5.41, 5.74) is 0.742. The number of carbonyl (C=O) groups is 1. The van der Waals surface area contributed by atoms with Crippen LogP contribution in [-0.2, 0) is 9.47 Å². The third-order valence-corrected chi connectivity index (χ3v) is 5.69. The van der Waals surface area contributed by atoms with Crippen LogP contribution in [0.25, 0.3) is 10.8 Å². The molecule has 1 aliphatic rings. The van der Waals surface area contributed by atoms with E-state index in [9.17, 15) is 4.79 Å². The maximum atomic E-state index is 15.0. The standard InChI is InChI=1S/C22H30ClFN4O4.C2H6/c1-12-13(2)25-19(16-15(12)17(24)18(23)26-20(16)31-7)27-8-9-28(14(10-27)11-30-6)21(29)32-22(3,4)5;1-2/h14H,8-11H2,1-7H3;1-2H3. The molecule has 0 aromatic carbocycles. The van der Waals surface area contributed by atoms with Gasteiger partial charge >= 0.3 is 6.09 Å². The average Bonchev–Trinajstić information content (AvgIpc) is 2.78. The first kappa shape index (κ1) is 27.9. The lowest BCUT2D eigenvalue weighted by Crippen LogP contribution is -2.58. The van der Waals surface area contributed by atoms with Gasteiger partial charge in [0.1, 0.15) is 11.4 Å². The summed E-state index contributed by atoms with van der Waals surface area (Å²) in [7, 11) is 3.05. The fourth-order valence-corrected chi connectivity index (χ4v) is 4.04. The number of amides is 1. The molecule has 1 saturated heterocycles. The highest BCUT2D eigenvalue weighted by molar-refractivity contribution is 6.30. The lowest BCUT2D eigenvalue weighted by molar-refractivity contribution is 0.00339. The van der Waals surface area contributed by atoms with Crippen LogP contribution in [0.3, 0.4) is 0 Å². The number of hydrogen-bond acceptors (Lipinski definition) is 7. The van der Waals surface area contributed by atoms with E-state index in [1.165, 1.54) is 7.11 Å². The molecule has 1 unspecified atom stereocenters. The maximum absolute atomic E-state index is 15.0. The Hall–Kier alpha value is -2.39. The second kappa shape index (κ2) is 11.4. The second-order valence-corrected chi connectivity index (χ2v) is 9.21. The normalized spacial score (nSPS) is 16.3. The number of pyridine rings is 2. The number of ether oxygens (including phenoxy) is 3. The minimum Gasteiger partial charge on any atom is -0.480 e. The molecule has 1 atom stereocenters. The molecule has 0 N–H and O–H groups in total. The van der Waals surface area contributed by atoms with Crippen molar-refractivity contribution in [1.29, 1.82) is 0 Å². The van der Waals surface area contributed by atoms with Gasteiger partial charge in [0.25, 0.3) is 0 Å². The van der Waals surface area contributed by atoms with Gasteiger partial charge in [-0.15, -0.1) is 0 Å². The van der Waals surface area contributed by atoms with E-state index in [2.05, 4.69) is 4.98 Å². The fraction of sp³-hybridized carbons (Fsp3) is 0.625. The summed E-state index contributed by atoms with van der Waals surface area (Å²) in [6, 6.07) is -0.279. The van der Waals surface area contributed by atoms with Gasteiger partial charge < -0.3 is 19.1 Å². The number of piperazine rings is 1. The Morgan fingerprint density at radius 1 is 1.15 bits per heavy atom. The van der Waals surface area contributed by atoms with E-state index < -0.39 is 17.5 Å². The van der Waals surface area contributed by atoms with Crippen molar-refractivity contribution in [3.8, 4) is 5.88 Å². The molecular weight excluding hydrogens is 463 g/mol. The molecule has 0 radical (unpaired) electrons. The van der Waals surface area contributed by atoms with Crippen LogP contribution in [0.5, 0.6) is 5.88 Å². The summed E-state index contributed by atoms with van der Waals surface area (Å²) in [6.07, 6.45) is -0.394. The van der Waals surface area contributed by atoms with Crippen molar-refractivity contribution in [3.05, 3.63) is 22.2 Å². The molecule has 3 rings (SSSR count). The number of rotatable bonds is 4. The van der Waals surface area contributed by atoms with Gasteiger partial charge in [0.15, 0.2) is 11.0 Å². The van der Waals surface area contributed by atoms with E-state index >= 15 is 4.39 Å². The minimum absolute atomic E-state index is 0.204. The molecule has 2 aromatic rings. The number of carbonyl (C=O) groups excluding carboxylic acids is 1. The molecule has 190 valence electrons. The Kier molecular flexibility index (Phi) is 9.30. The Morgan fingerprint density at radius 2 is 1.79 bits per heavy atom. The van der Waals surface area contributed by atoms with E-state index in [-0.39, 0.29) is 17.1 Å². The molecule has 34 heavy (non-hydrogen) atoms. The summed E-state index contributed by atoms with van der Waals surface area (Å²) in [6.45, 7) is 14.7. The van der Waals surface area contributed by atoms with Crippen LogP contribution in [0.1, 0.15) is 45.9 Å². The largest absolute Gasteiger partial charge is 0.480 e. The Labute approximate surface area is 206 Å². The molecule has 2 aromatic heterocycles. The monoisotopic (exact) mass is 498 g/mol. The number of anilines is 1. The molecule has 0 bridgehead atoms. The molecule has 0 aliphatic carbocycles. The number of aryl methyl sites for hydroxylation is 2. The van der Waals surface area contributed by atoms with Crippen molar-refractivity contribution < 1.29 is 23.4 Å². The highest BCUT2D eigenvalue weighted by atomic mass is 35.5. The van der Waals surface area contributed by atoms with Gasteiger partial charge in [0, 0.05) is 37.8 Å². The molecule has 8 nitrogen and oxygen atoms in total. The first-order chi connectivity index (χ1) is 16.0. The summed E-state index contributed by atoms with van der Waals surface area (Å²) >= 11 is 6.03. The maximum Gasteiger partial charge on any atom is 0.410 e. The summed E-state index contributed by atoms with van der Waals surface area (Å²) in [4.78, 5) is 25.2. The zero-order chi connectivity index (χ0) is 25.8. The van der Waals surface area contributed by atoms with Crippen LogP contribution >= 0.6 is 11.6 Å². The van der Waals surface area contributed by atoms with Gasteiger partial charge in [-0.3, -0.25) is 4.90 Å². The average molecular weight is 499 g/mol. The van der Waals surface area contributed by atoms with Crippen LogP contribution in [0, 0.1) is 19.7 Å². The Bertz CT molecular complexity index is 1020. The summed E-state index contributed by atoms with van der Waals surface area (Å²) in [5.74, 6) is 0.135. The van der Waals surface area contributed by atoms with E-state index in [1.54, 1.807) is 18.9 Å². The van der Waals surface area contributed by atoms with E-state index in [4.69, 9.17) is 30.8 Å². The van der Waals surface area contributed by atoms with Crippen molar-refractivity contribution in [1.82, 2.24) is 14.9 Å². The first-order valence-electron chi connectivity index (χ1n) is 11.4.